The molecular weight excluding hydrogens is 272 g/mol. The van der Waals surface area contributed by atoms with E-state index in [1.165, 1.54) is 0 Å². The lowest BCUT2D eigenvalue weighted by molar-refractivity contribution is -0.142. The van der Waals surface area contributed by atoms with Gasteiger partial charge in [0, 0.05) is 25.2 Å². The summed E-state index contributed by atoms with van der Waals surface area (Å²) in [4.78, 5) is 25.1. The molecule has 3 unspecified atom stereocenters. The van der Waals surface area contributed by atoms with Gasteiger partial charge < -0.3 is 20.1 Å². The Kier molecular flexibility index (Phi) is 5.45. The van der Waals surface area contributed by atoms with Crippen LogP contribution in [0.25, 0.3) is 0 Å². The van der Waals surface area contributed by atoms with Gasteiger partial charge in [-0.25, -0.2) is 4.79 Å². The zero-order valence-electron chi connectivity index (χ0n) is 12.9. The monoisotopic (exact) mass is 298 g/mol. The molecule has 0 saturated carbocycles. The molecule has 0 aliphatic carbocycles. The quantitative estimate of drug-likeness (QED) is 0.703. The molecule has 0 spiro atoms. The van der Waals surface area contributed by atoms with Gasteiger partial charge in [0.05, 0.1) is 12.0 Å². The number of urea groups is 1. The Balaban J connectivity index is 1.69. The molecule has 2 amide bonds. The van der Waals surface area contributed by atoms with Gasteiger partial charge in [-0.1, -0.05) is 0 Å². The van der Waals surface area contributed by atoms with E-state index in [9.17, 15) is 14.7 Å². The van der Waals surface area contributed by atoms with Gasteiger partial charge in [0.25, 0.3) is 0 Å². The molecule has 120 valence electrons. The Morgan fingerprint density at radius 1 is 1.33 bits per heavy atom. The van der Waals surface area contributed by atoms with Crippen molar-refractivity contribution in [2.24, 2.45) is 5.92 Å². The minimum Gasteiger partial charge on any atom is -0.481 e. The molecule has 0 aromatic carbocycles. The summed E-state index contributed by atoms with van der Waals surface area (Å²) < 4.78 is 5.44. The maximum atomic E-state index is 12.2. The second kappa shape index (κ2) is 7.11. The number of aliphatic carboxylic acids is 1. The molecular formula is C15H26N2O4. The number of carboxylic acid groups (broad SMARTS) is 1. The van der Waals surface area contributed by atoms with Crippen LogP contribution in [0.2, 0.25) is 0 Å². The molecule has 2 aliphatic rings. The highest BCUT2D eigenvalue weighted by Gasteiger charge is 2.51. The van der Waals surface area contributed by atoms with Crippen LogP contribution in [-0.4, -0.2) is 53.3 Å². The largest absolute Gasteiger partial charge is 0.481 e. The van der Waals surface area contributed by atoms with Crippen LogP contribution in [0, 0.1) is 5.92 Å². The van der Waals surface area contributed by atoms with Crippen molar-refractivity contribution < 1.29 is 19.4 Å². The Labute approximate surface area is 125 Å². The number of hydrogen-bond acceptors (Lipinski definition) is 3. The number of carboxylic acids is 1. The first-order chi connectivity index (χ1) is 10.0. The fourth-order valence-electron chi connectivity index (χ4n) is 3.40. The van der Waals surface area contributed by atoms with Gasteiger partial charge in [0.15, 0.2) is 0 Å². The topological polar surface area (TPSA) is 78.9 Å². The van der Waals surface area contributed by atoms with Crippen molar-refractivity contribution in [3.63, 3.8) is 0 Å². The number of ether oxygens (including phenoxy) is 1. The summed E-state index contributed by atoms with van der Waals surface area (Å²) in [6.07, 6.45) is 4.40. The van der Waals surface area contributed by atoms with E-state index in [1.807, 2.05) is 13.8 Å². The van der Waals surface area contributed by atoms with E-state index in [4.69, 9.17) is 4.74 Å². The number of unbranched alkanes of at least 4 members (excludes halogenated alkanes) is 1. The number of carbonyl (C=O) groups is 2. The van der Waals surface area contributed by atoms with Crippen LogP contribution in [0.3, 0.4) is 0 Å². The minimum absolute atomic E-state index is 0.101. The van der Waals surface area contributed by atoms with E-state index < -0.39 is 5.97 Å². The molecule has 0 aromatic rings. The van der Waals surface area contributed by atoms with Crippen molar-refractivity contribution in [3.8, 4) is 0 Å². The first-order valence-corrected chi connectivity index (χ1v) is 7.91. The van der Waals surface area contributed by atoms with E-state index in [0.717, 1.165) is 25.7 Å². The molecule has 2 bridgehead atoms. The van der Waals surface area contributed by atoms with Crippen molar-refractivity contribution in [2.45, 2.75) is 64.1 Å². The normalized spacial score (nSPS) is 27.4. The predicted molar refractivity (Wildman–Crippen MR) is 78.1 cm³/mol. The molecule has 21 heavy (non-hydrogen) atoms. The number of amides is 2. The van der Waals surface area contributed by atoms with Crippen LogP contribution in [-0.2, 0) is 9.53 Å². The van der Waals surface area contributed by atoms with Crippen LogP contribution in [0.5, 0.6) is 0 Å². The van der Waals surface area contributed by atoms with E-state index in [-0.39, 0.29) is 30.1 Å². The molecule has 6 nitrogen and oxygen atoms in total. The predicted octanol–water partition coefficient (Wildman–Crippen LogP) is 1.84. The van der Waals surface area contributed by atoms with Crippen molar-refractivity contribution >= 4 is 12.0 Å². The van der Waals surface area contributed by atoms with Gasteiger partial charge in [0.2, 0.25) is 0 Å². The van der Waals surface area contributed by atoms with Crippen LogP contribution in [0.4, 0.5) is 4.79 Å². The summed E-state index contributed by atoms with van der Waals surface area (Å²) in [5, 5.41) is 12.1. The number of nitrogens with zero attached hydrogens (tertiary/aromatic N) is 1. The SMILES string of the molecule is CC(C)OCCCCNC(=O)N1C2CCC1C(C(=O)O)C2. The van der Waals surface area contributed by atoms with E-state index in [0.29, 0.717) is 19.6 Å². The highest BCUT2D eigenvalue weighted by atomic mass is 16.5. The first-order valence-electron chi connectivity index (χ1n) is 7.91. The molecule has 0 aromatic heterocycles. The molecule has 2 saturated heterocycles. The average molecular weight is 298 g/mol. The van der Waals surface area contributed by atoms with E-state index >= 15 is 0 Å². The first kappa shape index (κ1) is 16.1. The smallest absolute Gasteiger partial charge is 0.317 e. The van der Waals surface area contributed by atoms with Crippen LogP contribution >= 0.6 is 0 Å². The number of hydrogen-bond donors (Lipinski definition) is 2. The van der Waals surface area contributed by atoms with Crippen LogP contribution < -0.4 is 5.32 Å². The fourth-order valence-corrected chi connectivity index (χ4v) is 3.40. The lowest BCUT2D eigenvalue weighted by Crippen LogP contribution is -2.44. The van der Waals surface area contributed by atoms with Gasteiger partial charge >= 0.3 is 12.0 Å². The molecule has 2 aliphatic heterocycles. The third-order valence-electron chi connectivity index (χ3n) is 4.39. The second-order valence-corrected chi connectivity index (χ2v) is 6.24. The van der Waals surface area contributed by atoms with Crippen molar-refractivity contribution in [2.75, 3.05) is 13.2 Å². The zero-order chi connectivity index (χ0) is 15.4. The van der Waals surface area contributed by atoms with Gasteiger partial charge in [-0.15, -0.1) is 0 Å². The van der Waals surface area contributed by atoms with Crippen molar-refractivity contribution in [1.82, 2.24) is 10.2 Å². The van der Waals surface area contributed by atoms with Gasteiger partial charge in [-0.05, 0) is 46.0 Å². The molecule has 6 heteroatoms. The maximum absolute atomic E-state index is 12.2. The Bertz CT molecular complexity index is 386. The fraction of sp³-hybridized carbons (Fsp3) is 0.867. The minimum atomic E-state index is -0.772. The second-order valence-electron chi connectivity index (χ2n) is 6.24. The standard InChI is InChI=1S/C15H26N2O4/c1-10(2)21-8-4-3-7-16-15(20)17-11-5-6-13(17)12(9-11)14(18)19/h10-13H,3-9H2,1-2H3,(H,16,20)(H,18,19). The Hall–Kier alpha value is -1.30. The van der Waals surface area contributed by atoms with Gasteiger partial charge in [-0.2, -0.15) is 0 Å². The Morgan fingerprint density at radius 2 is 2.10 bits per heavy atom. The van der Waals surface area contributed by atoms with E-state index in [2.05, 4.69) is 5.32 Å². The lowest BCUT2D eigenvalue weighted by Gasteiger charge is -2.23. The average Bonchev–Trinajstić information content (AvgIpc) is 2.99. The maximum Gasteiger partial charge on any atom is 0.317 e. The third-order valence-corrected chi connectivity index (χ3v) is 4.39. The molecule has 2 heterocycles. The number of rotatable bonds is 7. The summed E-state index contributed by atoms with van der Waals surface area (Å²) in [6.45, 7) is 5.34. The van der Waals surface area contributed by atoms with Gasteiger partial charge in [0.1, 0.15) is 0 Å². The summed E-state index contributed by atoms with van der Waals surface area (Å²) in [5.74, 6) is -1.15. The number of fused-ring (bicyclic) bond motifs is 2. The Morgan fingerprint density at radius 3 is 2.71 bits per heavy atom. The highest BCUT2D eigenvalue weighted by molar-refractivity contribution is 5.79. The summed E-state index contributed by atoms with van der Waals surface area (Å²) in [7, 11) is 0. The van der Waals surface area contributed by atoms with E-state index in [1.54, 1.807) is 4.90 Å². The third kappa shape index (κ3) is 3.87. The summed E-state index contributed by atoms with van der Waals surface area (Å²) in [5.41, 5.74) is 0. The molecule has 2 fully saturated rings. The van der Waals surface area contributed by atoms with Crippen molar-refractivity contribution in [3.05, 3.63) is 0 Å². The van der Waals surface area contributed by atoms with Crippen molar-refractivity contribution in [1.29, 1.82) is 0 Å². The van der Waals surface area contributed by atoms with Crippen LogP contribution in [0.15, 0.2) is 0 Å². The molecule has 0 radical (unpaired) electrons. The molecule has 2 N–H and O–H groups in total. The molecule has 3 atom stereocenters. The van der Waals surface area contributed by atoms with Gasteiger partial charge in [-0.3, -0.25) is 4.79 Å². The highest BCUT2D eigenvalue weighted by Crippen LogP contribution is 2.41. The summed E-state index contributed by atoms with van der Waals surface area (Å²) in [6, 6.07) is -0.104. The number of carbonyl (C=O) groups excluding carboxylic acids is 1. The molecule has 2 rings (SSSR count). The zero-order valence-corrected chi connectivity index (χ0v) is 12.9. The van der Waals surface area contributed by atoms with Crippen LogP contribution in [0.1, 0.15) is 46.0 Å². The lowest BCUT2D eigenvalue weighted by atomic mass is 9.89. The number of nitrogens with one attached hydrogen (secondary N) is 1. The summed E-state index contributed by atoms with van der Waals surface area (Å²) >= 11 is 0.